The molecule has 1 aromatic heterocycles. The van der Waals surface area contributed by atoms with Crippen molar-refractivity contribution < 1.29 is 19.1 Å². The predicted molar refractivity (Wildman–Crippen MR) is 58.5 cm³/mol. The highest BCUT2D eigenvalue weighted by Crippen LogP contribution is 2.02. The second-order valence-electron chi connectivity index (χ2n) is 2.95. The summed E-state index contributed by atoms with van der Waals surface area (Å²) in [5.74, 6) is -0.563. The Morgan fingerprint density at radius 1 is 1.35 bits per heavy atom. The topological polar surface area (TPSA) is 90.4 Å². The van der Waals surface area contributed by atoms with Gasteiger partial charge in [0.1, 0.15) is 12.4 Å². The van der Waals surface area contributed by atoms with Crippen LogP contribution in [0.4, 0.5) is 5.82 Å². The third-order valence-corrected chi connectivity index (χ3v) is 1.78. The van der Waals surface area contributed by atoms with E-state index in [4.69, 9.17) is 4.74 Å². The molecule has 0 fully saturated rings. The summed E-state index contributed by atoms with van der Waals surface area (Å²) in [4.78, 5) is 22.1. The summed E-state index contributed by atoms with van der Waals surface area (Å²) in [6.45, 7) is 2.05. The van der Waals surface area contributed by atoms with Crippen LogP contribution in [-0.2, 0) is 14.3 Å². The number of esters is 2. The number of rotatable bonds is 5. The molecule has 0 saturated carbocycles. The maximum Gasteiger partial charge on any atom is 0.358 e. The van der Waals surface area contributed by atoms with Crippen molar-refractivity contribution in [2.75, 3.05) is 25.6 Å². The number of hydrogen-bond donors (Lipinski definition) is 1. The summed E-state index contributed by atoms with van der Waals surface area (Å²) in [5, 5.41) is 10.1. The van der Waals surface area contributed by atoms with Gasteiger partial charge >= 0.3 is 11.9 Å². The maximum absolute atomic E-state index is 11.1. The zero-order valence-corrected chi connectivity index (χ0v) is 9.60. The monoisotopic (exact) mass is 239 g/mol. The zero-order valence-electron chi connectivity index (χ0n) is 9.60. The molecule has 1 N–H and O–H groups in total. The lowest BCUT2D eigenvalue weighted by Gasteiger charge is -2.04. The number of anilines is 1. The van der Waals surface area contributed by atoms with E-state index in [0.717, 1.165) is 0 Å². The van der Waals surface area contributed by atoms with E-state index in [1.807, 2.05) is 0 Å². The lowest BCUT2D eigenvalue weighted by atomic mass is 10.4. The van der Waals surface area contributed by atoms with E-state index in [-0.39, 0.29) is 18.2 Å². The molecule has 0 atom stereocenters. The Morgan fingerprint density at radius 2 is 2.12 bits per heavy atom. The Balaban J connectivity index is 2.51. The molecule has 7 nitrogen and oxygen atoms in total. The molecule has 0 saturated heterocycles. The Morgan fingerprint density at radius 3 is 2.65 bits per heavy atom. The van der Waals surface area contributed by atoms with Gasteiger partial charge in [0.15, 0.2) is 5.69 Å². The lowest BCUT2D eigenvalue weighted by Crippen LogP contribution is -2.17. The quantitative estimate of drug-likeness (QED) is 0.736. The van der Waals surface area contributed by atoms with Gasteiger partial charge in [0.05, 0.1) is 13.7 Å². The third kappa shape index (κ3) is 4.06. The molecular formula is C10H13N3O4. The van der Waals surface area contributed by atoms with Crippen LogP contribution in [0.1, 0.15) is 17.4 Å². The molecule has 0 aliphatic carbocycles. The predicted octanol–water partition coefficient (Wildman–Crippen LogP) is 0.238. The Kier molecular flexibility index (Phi) is 4.86. The highest BCUT2D eigenvalue weighted by atomic mass is 16.5. The first-order valence-electron chi connectivity index (χ1n) is 4.99. The smallest absolute Gasteiger partial charge is 0.358 e. The number of nitrogens with one attached hydrogen (secondary N) is 1. The number of methoxy groups -OCH3 is 1. The number of carbonyl (C=O) groups excluding carboxylic acids is 2. The summed E-state index contributed by atoms with van der Waals surface area (Å²) in [6, 6.07) is 2.98. The van der Waals surface area contributed by atoms with Crippen LogP contribution in [0, 0.1) is 0 Å². The zero-order chi connectivity index (χ0) is 12.7. The highest BCUT2D eigenvalue weighted by Gasteiger charge is 2.08. The second-order valence-corrected chi connectivity index (χ2v) is 2.95. The van der Waals surface area contributed by atoms with Gasteiger partial charge in [0.25, 0.3) is 0 Å². The summed E-state index contributed by atoms with van der Waals surface area (Å²) in [7, 11) is 1.26. The van der Waals surface area contributed by atoms with Gasteiger partial charge in [-0.15, -0.1) is 10.2 Å². The Hall–Kier alpha value is -2.18. The normalized spacial score (nSPS) is 9.53. The number of aromatic nitrogens is 2. The summed E-state index contributed by atoms with van der Waals surface area (Å²) >= 11 is 0. The van der Waals surface area contributed by atoms with Crippen molar-refractivity contribution in [1.82, 2.24) is 10.2 Å². The summed E-state index contributed by atoms with van der Waals surface area (Å²) < 4.78 is 9.19. The number of nitrogens with zero attached hydrogens (tertiary/aromatic N) is 2. The van der Waals surface area contributed by atoms with Crippen molar-refractivity contribution in [2.45, 2.75) is 6.92 Å². The molecule has 0 aliphatic rings. The number of carbonyl (C=O) groups is 2. The fourth-order valence-corrected chi connectivity index (χ4v) is 1.01. The van der Waals surface area contributed by atoms with Crippen molar-refractivity contribution in [2.24, 2.45) is 0 Å². The summed E-state index contributed by atoms with van der Waals surface area (Å²) in [5.41, 5.74) is 0.106. The van der Waals surface area contributed by atoms with Crippen LogP contribution in [0.3, 0.4) is 0 Å². The van der Waals surface area contributed by atoms with Crippen LogP contribution in [0.5, 0.6) is 0 Å². The minimum atomic E-state index is -0.561. The number of hydrogen-bond acceptors (Lipinski definition) is 7. The minimum Gasteiger partial charge on any atom is -0.465 e. The van der Waals surface area contributed by atoms with Crippen molar-refractivity contribution in [3.63, 3.8) is 0 Å². The van der Waals surface area contributed by atoms with Crippen LogP contribution in [0.25, 0.3) is 0 Å². The Labute approximate surface area is 98.1 Å². The van der Waals surface area contributed by atoms with Crippen LogP contribution in [-0.4, -0.2) is 42.4 Å². The number of ether oxygens (including phenoxy) is 2. The Bertz CT molecular complexity index is 391. The fourth-order valence-electron chi connectivity index (χ4n) is 1.01. The molecule has 1 rings (SSSR count). The highest BCUT2D eigenvalue weighted by molar-refractivity contribution is 5.87. The van der Waals surface area contributed by atoms with E-state index >= 15 is 0 Å². The van der Waals surface area contributed by atoms with E-state index < -0.39 is 5.97 Å². The standard InChI is InChI=1S/C10H13N3O4/c1-3-17-9(14)6-11-8-5-4-7(12-13-8)10(15)16-2/h4-5H,3,6H2,1-2H3,(H,11,13). The molecule has 0 amide bonds. The van der Waals surface area contributed by atoms with Crippen molar-refractivity contribution >= 4 is 17.8 Å². The van der Waals surface area contributed by atoms with Gasteiger partial charge in [-0.2, -0.15) is 0 Å². The molecule has 92 valence electrons. The van der Waals surface area contributed by atoms with E-state index in [2.05, 4.69) is 20.3 Å². The van der Waals surface area contributed by atoms with E-state index in [1.54, 1.807) is 6.92 Å². The van der Waals surface area contributed by atoms with Gasteiger partial charge in [-0.25, -0.2) is 4.79 Å². The van der Waals surface area contributed by atoms with E-state index in [1.165, 1.54) is 19.2 Å². The molecule has 7 heteroatoms. The molecular weight excluding hydrogens is 226 g/mol. The third-order valence-electron chi connectivity index (χ3n) is 1.78. The minimum absolute atomic E-state index is 0.0000902. The fraction of sp³-hybridized carbons (Fsp3) is 0.400. The van der Waals surface area contributed by atoms with E-state index in [9.17, 15) is 9.59 Å². The molecule has 0 aliphatic heterocycles. The van der Waals surface area contributed by atoms with Gasteiger partial charge in [-0.3, -0.25) is 4.79 Å². The largest absolute Gasteiger partial charge is 0.465 e. The molecule has 0 bridgehead atoms. The van der Waals surface area contributed by atoms with Crippen molar-refractivity contribution in [1.29, 1.82) is 0 Å². The molecule has 17 heavy (non-hydrogen) atoms. The average molecular weight is 239 g/mol. The SMILES string of the molecule is CCOC(=O)CNc1ccc(C(=O)OC)nn1. The lowest BCUT2D eigenvalue weighted by molar-refractivity contribution is -0.140. The van der Waals surface area contributed by atoms with Gasteiger partial charge in [-0.05, 0) is 19.1 Å². The van der Waals surface area contributed by atoms with Crippen molar-refractivity contribution in [3.05, 3.63) is 17.8 Å². The van der Waals surface area contributed by atoms with Gasteiger partial charge in [-0.1, -0.05) is 0 Å². The van der Waals surface area contributed by atoms with Gasteiger partial charge < -0.3 is 14.8 Å². The van der Waals surface area contributed by atoms with Crippen LogP contribution in [0.15, 0.2) is 12.1 Å². The van der Waals surface area contributed by atoms with Gasteiger partial charge in [0.2, 0.25) is 0 Å². The second kappa shape index (κ2) is 6.41. The molecule has 1 heterocycles. The van der Waals surface area contributed by atoms with E-state index in [0.29, 0.717) is 12.4 Å². The molecule has 1 aromatic rings. The van der Waals surface area contributed by atoms with Crippen molar-refractivity contribution in [3.8, 4) is 0 Å². The molecule has 0 radical (unpaired) electrons. The maximum atomic E-state index is 11.1. The van der Waals surface area contributed by atoms with Crippen LogP contribution in [0.2, 0.25) is 0 Å². The first-order chi connectivity index (χ1) is 8.17. The molecule has 0 unspecified atom stereocenters. The molecule has 0 spiro atoms. The molecule has 0 aromatic carbocycles. The summed E-state index contributed by atoms with van der Waals surface area (Å²) in [6.07, 6.45) is 0. The van der Waals surface area contributed by atoms with Crippen LogP contribution < -0.4 is 5.32 Å². The average Bonchev–Trinajstić information content (AvgIpc) is 2.36. The first kappa shape index (κ1) is 12.9. The first-order valence-corrected chi connectivity index (χ1v) is 4.99. The van der Waals surface area contributed by atoms with Crippen LogP contribution >= 0.6 is 0 Å². The van der Waals surface area contributed by atoms with Gasteiger partial charge in [0, 0.05) is 0 Å².